The molecule has 3 N–H and O–H groups in total. The van der Waals surface area contributed by atoms with Gasteiger partial charge in [-0.15, -0.1) is 0 Å². The lowest BCUT2D eigenvalue weighted by Crippen LogP contribution is -2.38. The molecule has 1 aliphatic heterocycles. The highest BCUT2D eigenvalue weighted by Gasteiger charge is 2.36. The molecule has 0 saturated heterocycles. The van der Waals surface area contributed by atoms with Gasteiger partial charge in [0.2, 0.25) is 15.9 Å². The first-order valence-corrected chi connectivity index (χ1v) is 13.6. The highest BCUT2D eigenvalue weighted by atomic mass is 32.2. The topological polar surface area (TPSA) is 108 Å². The van der Waals surface area contributed by atoms with Gasteiger partial charge < -0.3 is 10.4 Å². The number of hydrogen-bond donors (Lipinski definition) is 3. The summed E-state index contributed by atoms with van der Waals surface area (Å²) < 4.78 is 27.6. The Morgan fingerprint density at radius 3 is 2.56 bits per heavy atom. The summed E-state index contributed by atoms with van der Waals surface area (Å²) in [5, 5.41) is 12.9. The van der Waals surface area contributed by atoms with Gasteiger partial charge in [0.05, 0.1) is 10.9 Å². The van der Waals surface area contributed by atoms with Crippen LogP contribution in [0.5, 0.6) is 5.75 Å². The van der Waals surface area contributed by atoms with Crippen molar-refractivity contribution in [1.82, 2.24) is 10.0 Å². The summed E-state index contributed by atoms with van der Waals surface area (Å²) in [7, 11) is -3.50. The fraction of sp³-hybridized carbons (Fsp3) is 0.462. The van der Waals surface area contributed by atoms with E-state index in [0.717, 1.165) is 50.8 Å². The smallest absolute Gasteiger partial charge is 0.240 e. The summed E-state index contributed by atoms with van der Waals surface area (Å²) in [5.41, 5.74) is 2.42. The Bertz CT molecular complexity index is 1190. The molecule has 8 heteroatoms. The van der Waals surface area contributed by atoms with E-state index in [0.29, 0.717) is 12.3 Å². The molecule has 0 radical (unpaired) electrons. The normalized spacial score (nSPS) is 26.3. The quantitative estimate of drug-likeness (QED) is 0.607. The van der Waals surface area contributed by atoms with Crippen LogP contribution in [-0.2, 0) is 21.2 Å². The van der Waals surface area contributed by atoms with Gasteiger partial charge in [-0.25, -0.2) is 13.1 Å². The molecule has 1 saturated carbocycles. The number of nitrogens with one attached hydrogen (secondary N) is 2. The van der Waals surface area contributed by atoms with E-state index in [2.05, 4.69) is 10.0 Å². The zero-order chi connectivity index (χ0) is 23.7. The van der Waals surface area contributed by atoms with Gasteiger partial charge in [-0.2, -0.15) is 0 Å². The third-order valence-electron chi connectivity index (χ3n) is 7.54. The number of phenols is 1. The minimum atomic E-state index is -3.50. The van der Waals surface area contributed by atoms with Crippen molar-refractivity contribution < 1.29 is 18.3 Å². The van der Waals surface area contributed by atoms with Crippen LogP contribution in [0.2, 0.25) is 0 Å². The van der Waals surface area contributed by atoms with E-state index in [9.17, 15) is 18.3 Å². The number of aliphatic imine (C=N–C) groups is 1. The van der Waals surface area contributed by atoms with Gasteiger partial charge in [-0.3, -0.25) is 9.79 Å². The average Bonchev–Trinajstić information content (AvgIpc) is 3.26. The molecule has 180 valence electrons. The molecule has 34 heavy (non-hydrogen) atoms. The molecular weight excluding hydrogens is 450 g/mol. The summed E-state index contributed by atoms with van der Waals surface area (Å²) >= 11 is 0. The molecule has 0 aromatic heterocycles. The summed E-state index contributed by atoms with van der Waals surface area (Å²) in [6.07, 6.45) is 5.72. The molecule has 0 unspecified atom stereocenters. The van der Waals surface area contributed by atoms with Crippen molar-refractivity contribution in [1.29, 1.82) is 0 Å². The van der Waals surface area contributed by atoms with E-state index < -0.39 is 10.0 Å². The number of phenolic OH excluding ortho intramolecular Hbond substituents is 1. The van der Waals surface area contributed by atoms with Crippen LogP contribution in [0.1, 0.15) is 55.6 Å². The van der Waals surface area contributed by atoms with Crippen LogP contribution >= 0.6 is 0 Å². The largest absolute Gasteiger partial charge is 0.508 e. The van der Waals surface area contributed by atoms with Gasteiger partial charge in [0.1, 0.15) is 11.6 Å². The Hall–Kier alpha value is -2.71. The molecule has 0 spiro atoms. The van der Waals surface area contributed by atoms with Crippen molar-refractivity contribution in [2.45, 2.75) is 61.8 Å². The highest BCUT2D eigenvalue weighted by Crippen LogP contribution is 2.41. The molecule has 5 rings (SSSR count). The van der Waals surface area contributed by atoms with E-state index >= 15 is 0 Å². The van der Waals surface area contributed by atoms with Gasteiger partial charge in [0, 0.05) is 24.8 Å². The van der Waals surface area contributed by atoms with Crippen LogP contribution in [0.25, 0.3) is 0 Å². The molecule has 1 amide bonds. The molecule has 0 bridgehead atoms. The minimum absolute atomic E-state index is 0.0339. The number of nitrogens with zero attached hydrogens (tertiary/aromatic N) is 1. The fourth-order valence-corrected chi connectivity index (χ4v) is 6.75. The number of aryl methyl sites for hydroxylation is 1. The lowest BCUT2D eigenvalue weighted by atomic mass is 9.79. The SMILES string of the molecule is O=C(NC1=N[C@@H]2CCc3cc(O)ccc3[C@@H]2C1)[C@H]1CC[C@H](CNS(=O)(=O)c2ccccc2)CC1. The van der Waals surface area contributed by atoms with Crippen LogP contribution in [0.15, 0.2) is 58.4 Å². The number of carbonyl (C=O) groups is 1. The number of rotatable bonds is 5. The van der Waals surface area contributed by atoms with Crippen LogP contribution in [0.4, 0.5) is 0 Å². The van der Waals surface area contributed by atoms with Crippen LogP contribution in [0, 0.1) is 11.8 Å². The zero-order valence-electron chi connectivity index (χ0n) is 19.1. The van der Waals surface area contributed by atoms with E-state index in [1.165, 1.54) is 11.1 Å². The Balaban J connectivity index is 1.11. The Kier molecular flexibility index (Phi) is 6.44. The predicted molar refractivity (Wildman–Crippen MR) is 130 cm³/mol. The molecule has 3 aliphatic rings. The Labute approximate surface area is 200 Å². The number of carbonyl (C=O) groups excluding carboxylic acids is 1. The average molecular weight is 482 g/mol. The summed E-state index contributed by atoms with van der Waals surface area (Å²) in [4.78, 5) is 18.0. The Morgan fingerprint density at radius 2 is 1.79 bits per heavy atom. The number of aromatic hydroxyl groups is 1. The molecule has 7 nitrogen and oxygen atoms in total. The number of amides is 1. The highest BCUT2D eigenvalue weighted by molar-refractivity contribution is 7.89. The second-order valence-corrected chi connectivity index (χ2v) is 11.5. The number of amidine groups is 1. The fourth-order valence-electron chi connectivity index (χ4n) is 5.61. The van der Waals surface area contributed by atoms with E-state index in [-0.39, 0.29) is 34.6 Å². The first-order chi connectivity index (χ1) is 16.4. The van der Waals surface area contributed by atoms with Gasteiger partial charge in [0.15, 0.2) is 0 Å². The molecular formula is C26H31N3O4S. The maximum Gasteiger partial charge on any atom is 0.240 e. The van der Waals surface area contributed by atoms with Crippen LogP contribution in [-0.4, -0.2) is 37.9 Å². The Morgan fingerprint density at radius 1 is 1.03 bits per heavy atom. The monoisotopic (exact) mass is 481 g/mol. The summed E-state index contributed by atoms with van der Waals surface area (Å²) in [5.74, 6) is 1.56. The second-order valence-electron chi connectivity index (χ2n) is 9.75. The number of fused-ring (bicyclic) bond motifs is 3. The third kappa shape index (κ3) is 4.88. The third-order valence-corrected chi connectivity index (χ3v) is 8.97. The molecule has 2 aromatic rings. The van der Waals surface area contributed by atoms with E-state index in [1.54, 1.807) is 36.4 Å². The second kappa shape index (κ2) is 9.50. The van der Waals surface area contributed by atoms with Crippen molar-refractivity contribution in [3.8, 4) is 5.75 Å². The maximum atomic E-state index is 12.9. The van der Waals surface area contributed by atoms with Crippen molar-refractivity contribution in [2.24, 2.45) is 16.8 Å². The lowest BCUT2D eigenvalue weighted by molar-refractivity contribution is -0.124. The van der Waals surface area contributed by atoms with Crippen molar-refractivity contribution in [3.63, 3.8) is 0 Å². The first kappa shape index (κ1) is 23.1. The molecule has 2 aliphatic carbocycles. The van der Waals surface area contributed by atoms with Crippen LogP contribution in [0.3, 0.4) is 0 Å². The van der Waals surface area contributed by atoms with Gasteiger partial charge >= 0.3 is 0 Å². The van der Waals surface area contributed by atoms with Crippen molar-refractivity contribution in [2.75, 3.05) is 6.54 Å². The molecule has 2 atom stereocenters. The van der Waals surface area contributed by atoms with Crippen molar-refractivity contribution >= 4 is 21.8 Å². The van der Waals surface area contributed by atoms with Gasteiger partial charge in [-0.1, -0.05) is 24.3 Å². The zero-order valence-corrected chi connectivity index (χ0v) is 19.9. The van der Waals surface area contributed by atoms with Crippen LogP contribution < -0.4 is 10.0 Å². The number of benzene rings is 2. The summed E-state index contributed by atoms with van der Waals surface area (Å²) in [6, 6.07) is 14.2. The minimum Gasteiger partial charge on any atom is -0.508 e. The maximum absolute atomic E-state index is 12.9. The van der Waals surface area contributed by atoms with Gasteiger partial charge in [-0.05, 0) is 79.8 Å². The lowest BCUT2D eigenvalue weighted by Gasteiger charge is -2.28. The standard InChI is InChI=1S/C26H31N3O4S/c30-20-11-12-22-19(14-20)10-13-24-23(22)15-25(28-24)29-26(31)18-8-6-17(7-9-18)16-27-34(32,33)21-4-2-1-3-5-21/h1-5,11-12,14,17-18,23-24,27,30H,6-10,13,15-16H2,(H,28,29,31)/t17-,18-,23-,24+/m0/s1. The number of sulfonamides is 1. The molecule has 1 heterocycles. The van der Waals surface area contributed by atoms with Crippen molar-refractivity contribution in [3.05, 3.63) is 59.7 Å². The summed E-state index contributed by atoms with van der Waals surface area (Å²) in [6.45, 7) is 0.399. The van der Waals surface area contributed by atoms with E-state index in [1.807, 2.05) is 12.1 Å². The molecule has 1 fully saturated rings. The van der Waals surface area contributed by atoms with E-state index in [4.69, 9.17) is 4.99 Å². The molecule has 2 aromatic carbocycles. The predicted octanol–water partition coefficient (Wildman–Crippen LogP) is 3.49. The number of hydrogen-bond acceptors (Lipinski definition) is 5. The van der Waals surface area contributed by atoms with Gasteiger partial charge in [0.25, 0.3) is 0 Å². The first-order valence-electron chi connectivity index (χ1n) is 12.1.